The van der Waals surface area contributed by atoms with Gasteiger partial charge in [-0.15, -0.1) is 0 Å². The van der Waals surface area contributed by atoms with Crippen LogP contribution in [0.3, 0.4) is 0 Å². The van der Waals surface area contributed by atoms with E-state index in [9.17, 15) is 39.6 Å². The Labute approximate surface area is 256 Å². The van der Waals surface area contributed by atoms with E-state index in [2.05, 4.69) is 10.6 Å². The summed E-state index contributed by atoms with van der Waals surface area (Å²) in [6, 6.07) is 11.2. The van der Waals surface area contributed by atoms with Gasteiger partial charge in [-0.3, -0.25) is 19.2 Å². The zero-order valence-corrected chi connectivity index (χ0v) is 25.1. The Hall–Kier alpha value is -4.10. The van der Waals surface area contributed by atoms with Crippen LogP contribution in [0.4, 0.5) is 17.1 Å². The van der Waals surface area contributed by atoms with E-state index in [-0.39, 0.29) is 42.8 Å². The molecule has 2 aliphatic rings. The largest absolute Gasteiger partial charge is 0.394 e. The van der Waals surface area contributed by atoms with Crippen LogP contribution in [0.15, 0.2) is 54.6 Å². The van der Waals surface area contributed by atoms with Crippen molar-refractivity contribution in [3.05, 3.63) is 65.7 Å². The molecule has 0 spiro atoms. The van der Waals surface area contributed by atoms with Crippen LogP contribution in [0.25, 0.3) is 0 Å². The minimum Gasteiger partial charge on any atom is -0.394 e. The number of carbonyl (C=O) groups excluding carboxylic acids is 4. The molecular weight excluding hydrogens is 568 g/mol. The topological polar surface area (TPSA) is 180 Å². The quantitative estimate of drug-likeness (QED) is 0.208. The second kappa shape index (κ2) is 13.7. The molecule has 0 bridgehead atoms. The molecule has 1 saturated heterocycles. The number of anilines is 3. The lowest BCUT2D eigenvalue weighted by Crippen LogP contribution is -2.44. The molecule has 6 N–H and O–H groups in total. The van der Waals surface area contributed by atoms with Gasteiger partial charge in [0.25, 0.3) is 17.7 Å². The van der Waals surface area contributed by atoms with Crippen molar-refractivity contribution in [2.24, 2.45) is 5.92 Å². The number of rotatable bonds is 11. The molecule has 0 unspecified atom stereocenters. The van der Waals surface area contributed by atoms with Crippen LogP contribution in [0.2, 0.25) is 0 Å². The Bertz CT molecular complexity index is 1440. The van der Waals surface area contributed by atoms with E-state index >= 15 is 0 Å². The van der Waals surface area contributed by atoms with Crippen molar-refractivity contribution in [2.75, 3.05) is 28.7 Å². The molecular formula is C32H40N4O8. The summed E-state index contributed by atoms with van der Waals surface area (Å²) >= 11 is 0. The predicted molar refractivity (Wildman–Crippen MR) is 163 cm³/mol. The van der Waals surface area contributed by atoms with Gasteiger partial charge in [-0.05, 0) is 62.6 Å². The van der Waals surface area contributed by atoms with Crippen molar-refractivity contribution >= 4 is 40.7 Å². The van der Waals surface area contributed by atoms with Crippen molar-refractivity contribution in [2.45, 2.75) is 70.4 Å². The van der Waals surface area contributed by atoms with E-state index in [0.29, 0.717) is 23.5 Å². The number of nitrogens with one attached hydrogen (secondary N) is 2. The highest BCUT2D eigenvalue weighted by Gasteiger charge is 2.52. The van der Waals surface area contributed by atoms with E-state index in [0.717, 1.165) is 12.8 Å². The summed E-state index contributed by atoms with van der Waals surface area (Å²) in [5.74, 6) is -2.80. The Kier molecular flexibility index (Phi) is 10.2. The maximum absolute atomic E-state index is 14.0. The van der Waals surface area contributed by atoms with Gasteiger partial charge in [-0.2, -0.15) is 0 Å². The minimum atomic E-state index is -2.06. The maximum atomic E-state index is 14.0. The first kappa shape index (κ1) is 32.8. The molecule has 0 saturated carbocycles. The zero-order valence-electron chi connectivity index (χ0n) is 25.1. The van der Waals surface area contributed by atoms with E-state index < -0.39 is 41.4 Å². The molecule has 236 valence electrons. The number of aliphatic hydroxyl groups is 4. The van der Waals surface area contributed by atoms with E-state index in [1.165, 1.54) is 24.8 Å². The third kappa shape index (κ3) is 6.83. The number of fused-ring (bicyclic) bond motifs is 1. The van der Waals surface area contributed by atoms with Crippen molar-refractivity contribution in [1.82, 2.24) is 4.90 Å². The van der Waals surface area contributed by atoms with E-state index in [1.807, 2.05) is 0 Å². The summed E-state index contributed by atoms with van der Waals surface area (Å²) in [6.45, 7) is 4.84. The molecule has 0 radical (unpaired) electrons. The van der Waals surface area contributed by atoms with Crippen LogP contribution in [0, 0.1) is 5.92 Å². The van der Waals surface area contributed by atoms with Gasteiger partial charge in [0.1, 0.15) is 12.2 Å². The number of amides is 4. The summed E-state index contributed by atoms with van der Waals surface area (Å²) in [4.78, 5) is 54.0. The highest BCUT2D eigenvalue weighted by atomic mass is 16.3. The first-order chi connectivity index (χ1) is 20.9. The fourth-order valence-corrected chi connectivity index (χ4v) is 5.59. The van der Waals surface area contributed by atoms with Gasteiger partial charge in [0.2, 0.25) is 5.91 Å². The van der Waals surface area contributed by atoms with Gasteiger partial charge in [0, 0.05) is 35.8 Å². The lowest BCUT2D eigenvalue weighted by molar-refractivity contribution is -0.139. The van der Waals surface area contributed by atoms with Crippen LogP contribution < -0.4 is 15.5 Å². The van der Waals surface area contributed by atoms with Gasteiger partial charge in [-0.1, -0.05) is 31.2 Å². The fraction of sp³-hybridized carbons (Fsp3) is 0.438. The number of nitrogens with zero attached hydrogens (tertiary/aromatic N) is 2. The molecule has 4 amide bonds. The number of likely N-dealkylation sites (tertiary alicyclic amines) is 1. The molecule has 4 rings (SSSR count). The molecule has 2 aromatic carbocycles. The van der Waals surface area contributed by atoms with Gasteiger partial charge in [0.05, 0.1) is 24.9 Å². The number of hydrogen-bond acceptors (Lipinski definition) is 8. The summed E-state index contributed by atoms with van der Waals surface area (Å²) in [6.07, 6.45) is 2.34. The van der Waals surface area contributed by atoms with Gasteiger partial charge in [-0.25, -0.2) is 0 Å². The number of aliphatic hydroxyl groups excluding tert-OH is 3. The Balaban J connectivity index is 1.63. The molecule has 2 aliphatic heterocycles. The van der Waals surface area contributed by atoms with Gasteiger partial charge >= 0.3 is 0 Å². The van der Waals surface area contributed by atoms with Gasteiger partial charge in [0.15, 0.2) is 5.60 Å². The third-order valence-electron chi connectivity index (χ3n) is 8.12. The highest BCUT2D eigenvalue weighted by molar-refractivity contribution is 6.08. The molecule has 0 aromatic heterocycles. The molecule has 1 fully saturated rings. The highest BCUT2D eigenvalue weighted by Crippen LogP contribution is 2.47. The van der Waals surface area contributed by atoms with E-state index in [1.54, 1.807) is 60.4 Å². The van der Waals surface area contributed by atoms with Gasteiger partial charge < -0.3 is 40.9 Å². The van der Waals surface area contributed by atoms with Crippen molar-refractivity contribution in [1.29, 1.82) is 0 Å². The molecule has 2 heterocycles. The predicted octanol–water partition coefficient (Wildman–Crippen LogP) is 1.63. The fourth-order valence-electron chi connectivity index (χ4n) is 5.59. The number of carbonyl (C=O) groups is 4. The Morgan fingerprint density at radius 2 is 1.68 bits per heavy atom. The normalized spacial score (nSPS) is 21.7. The standard InChI is InChI=1S/C32H40N4O8/c1-19(7-4-11-28(40)35-14-6-10-25(35)18-37)32(44)26-16-24(34-30(42)21(3)39)12-13-27(26)36(31(32)43)17-22-8-5-9-23(15-22)33-29(41)20(2)38/h4-5,7-9,12-13,15-16,19-21,25,37-39,44H,6,10-11,14,17-18H2,1-3H3,(H,33,41)(H,34,42)/b7-4+/t19-,20+,21+,25+,32+/m1/s1. The van der Waals surface area contributed by atoms with Crippen LogP contribution in [-0.2, 0) is 31.3 Å². The summed E-state index contributed by atoms with van der Waals surface area (Å²) < 4.78 is 0. The first-order valence-corrected chi connectivity index (χ1v) is 14.7. The summed E-state index contributed by atoms with van der Waals surface area (Å²) in [5, 5.41) is 46.0. The van der Waals surface area contributed by atoms with Crippen molar-refractivity contribution in [3.63, 3.8) is 0 Å². The first-order valence-electron chi connectivity index (χ1n) is 14.7. The Morgan fingerprint density at radius 3 is 2.32 bits per heavy atom. The molecule has 5 atom stereocenters. The van der Waals surface area contributed by atoms with E-state index in [4.69, 9.17) is 0 Å². The maximum Gasteiger partial charge on any atom is 0.264 e. The second-order valence-corrected chi connectivity index (χ2v) is 11.4. The third-order valence-corrected chi connectivity index (χ3v) is 8.12. The molecule has 12 heteroatoms. The zero-order chi connectivity index (χ0) is 32.2. The Morgan fingerprint density at radius 1 is 1.02 bits per heavy atom. The average Bonchev–Trinajstić information content (AvgIpc) is 3.55. The molecule has 0 aliphatic carbocycles. The van der Waals surface area contributed by atoms with Crippen LogP contribution in [0.1, 0.15) is 51.2 Å². The number of hydrogen-bond donors (Lipinski definition) is 6. The van der Waals surface area contributed by atoms with Crippen LogP contribution in [0.5, 0.6) is 0 Å². The van der Waals surface area contributed by atoms with Crippen LogP contribution in [-0.4, -0.2) is 80.4 Å². The van der Waals surface area contributed by atoms with Crippen LogP contribution >= 0.6 is 0 Å². The molecule has 12 nitrogen and oxygen atoms in total. The van der Waals surface area contributed by atoms with Crippen molar-refractivity contribution in [3.8, 4) is 0 Å². The average molecular weight is 609 g/mol. The minimum absolute atomic E-state index is 0.0388. The monoisotopic (exact) mass is 608 g/mol. The number of benzene rings is 2. The molecule has 44 heavy (non-hydrogen) atoms. The van der Waals surface area contributed by atoms with Crippen molar-refractivity contribution < 1.29 is 39.6 Å². The smallest absolute Gasteiger partial charge is 0.264 e. The lowest BCUT2D eigenvalue weighted by Gasteiger charge is -2.28. The molecule has 2 aromatic rings. The lowest BCUT2D eigenvalue weighted by atomic mass is 9.82. The second-order valence-electron chi connectivity index (χ2n) is 11.4. The summed E-state index contributed by atoms with van der Waals surface area (Å²) in [5.41, 5.74) is -0.0609. The SMILES string of the molecule is C[C@H](O)C(=O)Nc1cccc(CN2C(=O)[C@](O)([C@H](C)/C=C/CC(=O)N3CCC[C@H]3CO)c3cc(NC(=O)[C@H](C)O)ccc32)c1. The summed E-state index contributed by atoms with van der Waals surface area (Å²) in [7, 11) is 0.